The van der Waals surface area contributed by atoms with E-state index in [1.54, 1.807) is 12.1 Å². The Morgan fingerprint density at radius 3 is 2.48 bits per heavy atom. The van der Waals surface area contributed by atoms with Gasteiger partial charge in [0.2, 0.25) is 0 Å². The minimum Gasteiger partial charge on any atom is -0.375 e. The zero-order valence-corrected chi connectivity index (χ0v) is 18.6. The number of benzene rings is 2. The summed E-state index contributed by atoms with van der Waals surface area (Å²) < 4.78 is 51.7. The first-order chi connectivity index (χ1) is 14.5. The Hall–Kier alpha value is -2.45. The van der Waals surface area contributed by atoms with E-state index >= 15 is 0 Å². The van der Waals surface area contributed by atoms with Crippen LogP contribution in [0.25, 0.3) is 0 Å². The van der Waals surface area contributed by atoms with Crippen LogP contribution in [0.15, 0.2) is 47.9 Å². The predicted molar refractivity (Wildman–Crippen MR) is 118 cm³/mol. The number of carbonyl (C=O) groups is 1. The van der Waals surface area contributed by atoms with E-state index in [9.17, 15) is 22.0 Å². The molecule has 1 saturated carbocycles. The summed E-state index contributed by atoms with van der Waals surface area (Å²) in [5.74, 6) is -2.26. The third-order valence-corrected chi connectivity index (χ3v) is 5.91. The maximum atomic E-state index is 14.8. The number of amides is 1. The van der Waals surface area contributed by atoms with E-state index in [1.165, 1.54) is 13.0 Å². The lowest BCUT2D eigenvalue weighted by molar-refractivity contribution is 0.0942. The van der Waals surface area contributed by atoms with Gasteiger partial charge in [-0.1, -0.05) is 35.9 Å². The second-order valence-corrected chi connectivity index (χ2v) is 10.1. The van der Waals surface area contributed by atoms with Crippen molar-refractivity contribution in [2.45, 2.75) is 31.8 Å². The van der Waals surface area contributed by atoms with Crippen LogP contribution >= 0.6 is 11.6 Å². The van der Waals surface area contributed by atoms with Gasteiger partial charge < -0.3 is 10.6 Å². The Kier molecular flexibility index (Phi) is 7.01. The number of hydrogen-bond acceptors (Lipinski definition) is 4. The third-order valence-electron chi connectivity index (χ3n) is 4.92. The number of rotatable bonds is 8. The summed E-state index contributed by atoms with van der Waals surface area (Å²) in [6.07, 6.45) is 4.16. The Morgan fingerprint density at radius 1 is 1.19 bits per heavy atom. The summed E-state index contributed by atoms with van der Waals surface area (Å²) in [4.78, 5) is 12.3. The molecule has 2 N–H and O–H groups in total. The summed E-state index contributed by atoms with van der Waals surface area (Å²) in [6.45, 7) is 1.52. The molecule has 0 saturated heterocycles. The molecule has 0 aliphatic heterocycles. The van der Waals surface area contributed by atoms with Crippen LogP contribution in [-0.2, 0) is 9.84 Å². The Bertz CT molecular complexity index is 1120. The van der Waals surface area contributed by atoms with Crippen LogP contribution < -0.4 is 10.6 Å². The average molecular weight is 469 g/mol. The van der Waals surface area contributed by atoms with E-state index in [2.05, 4.69) is 10.6 Å². The van der Waals surface area contributed by atoms with Gasteiger partial charge in [-0.25, -0.2) is 17.2 Å². The van der Waals surface area contributed by atoms with Crippen molar-refractivity contribution in [1.29, 1.82) is 0 Å². The standard InChI is InChI=1S/C22H23ClF2N2O3S/c1-13(9-10-31(2,29)30)26-22(28)16-11-19(25)20(12-18(16)24)27-21(14-7-8-14)15-5-3-4-6-17(15)23/h3-6,9-14,21,27H,7-8H2,1-2H3,(H,26,28)/b10-9+/t13-,21-/m1/s1. The van der Waals surface area contributed by atoms with Gasteiger partial charge in [0.15, 0.2) is 9.84 Å². The molecule has 1 aliphatic rings. The number of carbonyl (C=O) groups excluding carboxylic acids is 1. The molecule has 2 aromatic rings. The SMILES string of the molecule is C[C@H](/C=C/S(C)(=O)=O)NC(=O)c1cc(F)c(N[C@@H](c2ccccc2Cl)C2CC2)cc1F. The highest BCUT2D eigenvalue weighted by Gasteiger charge is 2.34. The molecule has 0 bridgehead atoms. The molecule has 0 heterocycles. The Morgan fingerprint density at radius 2 is 1.87 bits per heavy atom. The minimum absolute atomic E-state index is 0.0594. The van der Waals surface area contributed by atoms with Crippen LogP contribution in [0.5, 0.6) is 0 Å². The Balaban J connectivity index is 1.79. The lowest BCUT2D eigenvalue weighted by Crippen LogP contribution is -2.32. The first kappa shape index (κ1) is 23.2. The number of hydrogen-bond donors (Lipinski definition) is 2. The third kappa shape index (κ3) is 6.27. The molecule has 1 fully saturated rings. The van der Waals surface area contributed by atoms with Gasteiger partial charge in [0.1, 0.15) is 11.6 Å². The van der Waals surface area contributed by atoms with Crippen LogP contribution in [0.1, 0.15) is 41.7 Å². The van der Waals surface area contributed by atoms with Crippen LogP contribution in [0, 0.1) is 17.6 Å². The van der Waals surface area contributed by atoms with E-state index in [0.717, 1.165) is 42.2 Å². The van der Waals surface area contributed by atoms with Crippen molar-refractivity contribution in [1.82, 2.24) is 5.32 Å². The fraction of sp³-hybridized carbons (Fsp3) is 0.318. The Labute approximate surface area is 185 Å². The molecule has 31 heavy (non-hydrogen) atoms. The van der Waals surface area contributed by atoms with Crippen LogP contribution in [0.3, 0.4) is 0 Å². The first-order valence-electron chi connectivity index (χ1n) is 9.74. The van der Waals surface area contributed by atoms with Gasteiger partial charge in [-0.2, -0.15) is 0 Å². The molecule has 2 atom stereocenters. The van der Waals surface area contributed by atoms with Gasteiger partial charge in [0.05, 0.1) is 17.3 Å². The van der Waals surface area contributed by atoms with Crippen molar-refractivity contribution >= 4 is 33.0 Å². The molecule has 1 aliphatic carbocycles. The van der Waals surface area contributed by atoms with Crippen LogP contribution in [0.4, 0.5) is 14.5 Å². The topological polar surface area (TPSA) is 75.3 Å². The smallest absolute Gasteiger partial charge is 0.254 e. The molecule has 0 spiro atoms. The second-order valence-electron chi connectivity index (χ2n) is 7.71. The van der Waals surface area contributed by atoms with Crippen molar-refractivity contribution in [3.8, 4) is 0 Å². The van der Waals surface area contributed by atoms with Gasteiger partial charge in [-0.3, -0.25) is 4.79 Å². The van der Waals surface area contributed by atoms with Crippen molar-refractivity contribution in [2.24, 2.45) is 5.92 Å². The van der Waals surface area contributed by atoms with E-state index < -0.39 is 39.0 Å². The van der Waals surface area contributed by atoms with Gasteiger partial charge in [0.25, 0.3) is 5.91 Å². The first-order valence-corrected chi connectivity index (χ1v) is 12.1. The molecular weight excluding hydrogens is 446 g/mol. The normalized spacial score (nSPS) is 16.2. The summed E-state index contributed by atoms with van der Waals surface area (Å²) in [6, 6.07) is 8.05. The zero-order valence-electron chi connectivity index (χ0n) is 17.0. The highest BCUT2D eigenvalue weighted by Crippen LogP contribution is 2.45. The van der Waals surface area contributed by atoms with Crippen LogP contribution in [-0.4, -0.2) is 26.6 Å². The number of halogens is 3. The highest BCUT2D eigenvalue weighted by molar-refractivity contribution is 7.93. The molecule has 3 rings (SSSR count). The van der Waals surface area contributed by atoms with Gasteiger partial charge in [-0.15, -0.1) is 0 Å². The summed E-state index contributed by atoms with van der Waals surface area (Å²) in [7, 11) is -3.36. The highest BCUT2D eigenvalue weighted by atomic mass is 35.5. The maximum Gasteiger partial charge on any atom is 0.254 e. The minimum atomic E-state index is -3.36. The number of nitrogens with one attached hydrogen (secondary N) is 2. The van der Waals surface area contributed by atoms with Crippen molar-refractivity contribution in [3.63, 3.8) is 0 Å². The number of sulfone groups is 1. The molecule has 9 heteroatoms. The van der Waals surface area contributed by atoms with Crippen molar-refractivity contribution < 1.29 is 22.0 Å². The second kappa shape index (κ2) is 9.36. The lowest BCUT2D eigenvalue weighted by atomic mass is 10.0. The van der Waals surface area contributed by atoms with E-state index in [0.29, 0.717) is 5.02 Å². The molecule has 0 unspecified atom stereocenters. The van der Waals surface area contributed by atoms with Crippen molar-refractivity contribution in [3.05, 3.63) is 75.7 Å². The lowest BCUT2D eigenvalue weighted by Gasteiger charge is -2.22. The molecule has 166 valence electrons. The fourth-order valence-corrected chi connectivity index (χ4v) is 3.97. The molecule has 0 radical (unpaired) electrons. The molecule has 1 amide bonds. The van der Waals surface area contributed by atoms with Gasteiger partial charge in [-0.05, 0) is 43.4 Å². The zero-order chi connectivity index (χ0) is 22.8. The van der Waals surface area contributed by atoms with E-state index in [4.69, 9.17) is 11.6 Å². The van der Waals surface area contributed by atoms with Crippen molar-refractivity contribution in [2.75, 3.05) is 11.6 Å². The van der Waals surface area contributed by atoms with E-state index in [1.807, 2.05) is 12.1 Å². The van der Waals surface area contributed by atoms with Crippen LogP contribution in [0.2, 0.25) is 5.02 Å². The monoisotopic (exact) mass is 468 g/mol. The molecule has 5 nitrogen and oxygen atoms in total. The molecule has 0 aromatic heterocycles. The maximum absolute atomic E-state index is 14.8. The quantitative estimate of drug-likeness (QED) is 0.580. The molecular formula is C22H23ClF2N2O3S. The fourth-order valence-electron chi connectivity index (χ4n) is 3.20. The average Bonchev–Trinajstić information content (AvgIpc) is 3.52. The van der Waals surface area contributed by atoms with E-state index in [-0.39, 0.29) is 17.6 Å². The van der Waals surface area contributed by atoms with Gasteiger partial charge >= 0.3 is 0 Å². The summed E-state index contributed by atoms with van der Waals surface area (Å²) in [5, 5.41) is 6.95. The summed E-state index contributed by atoms with van der Waals surface area (Å²) >= 11 is 6.29. The molecule has 2 aromatic carbocycles. The largest absolute Gasteiger partial charge is 0.375 e. The predicted octanol–water partition coefficient (Wildman–Crippen LogP) is 4.86. The summed E-state index contributed by atoms with van der Waals surface area (Å²) in [5.41, 5.74) is 0.277. The van der Waals surface area contributed by atoms with Gasteiger partial charge in [0, 0.05) is 28.8 Å². The number of anilines is 1.